The third-order valence-electron chi connectivity index (χ3n) is 9.98. The van der Waals surface area contributed by atoms with Gasteiger partial charge in [-0.1, -0.05) is 84.9 Å². The summed E-state index contributed by atoms with van der Waals surface area (Å²) in [6.07, 6.45) is 4.45. The third kappa shape index (κ3) is 3.38. The second-order valence-corrected chi connectivity index (χ2v) is 12.3. The van der Waals surface area contributed by atoms with Crippen LogP contribution in [-0.4, -0.2) is 6.04 Å². The smallest absolute Gasteiger partial charge is 0.143 e. The van der Waals surface area contributed by atoms with Gasteiger partial charge < -0.3 is 13.7 Å². The number of fused-ring (bicyclic) bond motifs is 12. The first-order valence-electron chi connectivity index (χ1n) is 15.7. The fraction of sp³-hybridized carbons (Fsp3) is 0.122. The van der Waals surface area contributed by atoms with Crippen LogP contribution in [-0.2, 0) is 12.8 Å². The average Bonchev–Trinajstić information content (AvgIpc) is 3.67. The number of hydrogen-bond donors (Lipinski definition) is 0. The molecule has 2 aliphatic heterocycles. The molecule has 0 saturated heterocycles. The van der Waals surface area contributed by atoms with E-state index >= 15 is 0 Å². The molecule has 8 aromatic rings. The Hall–Kier alpha value is -5.28. The number of anilines is 2. The van der Waals surface area contributed by atoms with Crippen LogP contribution in [0.4, 0.5) is 11.4 Å². The molecular formula is C41H29NO2. The molecule has 0 radical (unpaired) electrons. The highest BCUT2D eigenvalue weighted by Gasteiger charge is 2.34. The zero-order chi connectivity index (χ0) is 28.8. The first-order valence-corrected chi connectivity index (χ1v) is 15.7. The highest BCUT2D eigenvalue weighted by Crippen LogP contribution is 2.49. The van der Waals surface area contributed by atoms with E-state index in [1.54, 1.807) is 0 Å². The number of furan rings is 2. The summed E-state index contributed by atoms with van der Waals surface area (Å²) in [4.78, 5) is 2.63. The summed E-state index contributed by atoms with van der Waals surface area (Å²) in [6.45, 7) is 0. The van der Waals surface area contributed by atoms with E-state index in [9.17, 15) is 0 Å². The van der Waals surface area contributed by atoms with Crippen LogP contribution in [0.25, 0.3) is 66.1 Å². The zero-order valence-electron chi connectivity index (χ0n) is 24.2. The molecule has 0 spiro atoms. The maximum atomic E-state index is 6.48. The summed E-state index contributed by atoms with van der Waals surface area (Å²) in [5.41, 5.74) is 14.1. The lowest BCUT2D eigenvalue weighted by Gasteiger charge is -2.43. The maximum Gasteiger partial charge on any atom is 0.143 e. The monoisotopic (exact) mass is 567 g/mol. The molecule has 2 aliphatic rings. The Morgan fingerprint density at radius 1 is 0.523 bits per heavy atom. The third-order valence-corrected chi connectivity index (χ3v) is 9.98. The van der Waals surface area contributed by atoms with Gasteiger partial charge in [0.15, 0.2) is 0 Å². The predicted molar refractivity (Wildman–Crippen MR) is 181 cm³/mol. The second kappa shape index (κ2) is 9.11. The molecule has 0 bridgehead atoms. The SMILES string of the molecule is c1ccc(-c2cccc3oc4ccc5c(c4c23)CCC2CCc3cc(-c4cccc6c4oc4ccccc46)ccc3N52)cc1. The van der Waals surface area contributed by atoms with Gasteiger partial charge in [0.05, 0.1) is 0 Å². The molecule has 10 rings (SSSR count). The first kappa shape index (κ1) is 24.2. The Morgan fingerprint density at radius 3 is 2.23 bits per heavy atom. The summed E-state index contributed by atoms with van der Waals surface area (Å²) in [5.74, 6) is 0. The summed E-state index contributed by atoms with van der Waals surface area (Å²) >= 11 is 0. The van der Waals surface area contributed by atoms with Gasteiger partial charge in [-0.25, -0.2) is 0 Å². The molecule has 0 saturated carbocycles. The molecule has 4 heterocycles. The van der Waals surface area contributed by atoms with Crippen LogP contribution < -0.4 is 4.90 Å². The molecule has 1 atom stereocenters. The van der Waals surface area contributed by atoms with E-state index in [2.05, 4.69) is 120 Å². The van der Waals surface area contributed by atoms with Crippen molar-refractivity contribution >= 4 is 55.3 Å². The van der Waals surface area contributed by atoms with Gasteiger partial charge in [-0.2, -0.15) is 0 Å². The Kier molecular flexibility index (Phi) is 5.01. The van der Waals surface area contributed by atoms with Gasteiger partial charge in [0, 0.05) is 44.5 Å². The van der Waals surface area contributed by atoms with Crippen LogP contribution in [0.1, 0.15) is 24.0 Å². The Morgan fingerprint density at radius 2 is 1.27 bits per heavy atom. The number of nitrogens with zero attached hydrogens (tertiary/aromatic N) is 1. The van der Waals surface area contributed by atoms with Crippen molar-refractivity contribution < 1.29 is 8.83 Å². The van der Waals surface area contributed by atoms with Crippen LogP contribution >= 0.6 is 0 Å². The quantitative estimate of drug-likeness (QED) is 0.208. The second-order valence-electron chi connectivity index (χ2n) is 12.3. The summed E-state index contributed by atoms with van der Waals surface area (Å²) in [6, 6.07) is 44.0. The Balaban J connectivity index is 1.14. The molecule has 0 N–H and O–H groups in total. The average molecular weight is 568 g/mol. The van der Waals surface area contributed by atoms with Crippen molar-refractivity contribution in [3.63, 3.8) is 0 Å². The molecule has 1 unspecified atom stereocenters. The molecule has 0 aliphatic carbocycles. The Labute approximate surface area is 254 Å². The van der Waals surface area contributed by atoms with Crippen LogP contribution in [0.2, 0.25) is 0 Å². The zero-order valence-corrected chi connectivity index (χ0v) is 24.2. The maximum absolute atomic E-state index is 6.48. The van der Waals surface area contributed by atoms with Crippen molar-refractivity contribution in [2.24, 2.45) is 0 Å². The fourth-order valence-corrected chi connectivity index (χ4v) is 8.03. The van der Waals surface area contributed by atoms with Gasteiger partial charge in [-0.05, 0) is 89.9 Å². The number of benzene rings is 6. The van der Waals surface area contributed by atoms with Crippen molar-refractivity contribution in [2.45, 2.75) is 31.7 Å². The van der Waals surface area contributed by atoms with Crippen molar-refractivity contribution in [1.82, 2.24) is 0 Å². The number of hydrogen-bond acceptors (Lipinski definition) is 3. The van der Waals surface area contributed by atoms with E-state index in [1.807, 2.05) is 6.07 Å². The van der Waals surface area contributed by atoms with E-state index < -0.39 is 0 Å². The predicted octanol–water partition coefficient (Wildman–Crippen LogP) is 11.2. The van der Waals surface area contributed by atoms with Crippen LogP contribution in [0.3, 0.4) is 0 Å². The molecule has 0 amide bonds. The molecule has 210 valence electrons. The summed E-state index contributed by atoms with van der Waals surface area (Å²) in [5, 5.41) is 4.85. The summed E-state index contributed by atoms with van der Waals surface area (Å²) in [7, 11) is 0. The van der Waals surface area contributed by atoms with Crippen molar-refractivity contribution in [1.29, 1.82) is 0 Å². The van der Waals surface area contributed by atoms with Crippen molar-refractivity contribution in [2.75, 3.05) is 4.90 Å². The molecule has 44 heavy (non-hydrogen) atoms. The van der Waals surface area contributed by atoms with Gasteiger partial charge in [-0.15, -0.1) is 0 Å². The van der Waals surface area contributed by atoms with Gasteiger partial charge in [0.25, 0.3) is 0 Å². The number of aryl methyl sites for hydroxylation is 2. The largest absolute Gasteiger partial charge is 0.456 e. The lowest BCUT2D eigenvalue weighted by molar-refractivity contribution is 0.519. The molecule has 6 aromatic carbocycles. The minimum atomic E-state index is 0.504. The Bertz CT molecular complexity index is 2410. The van der Waals surface area contributed by atoms with E-state index in [0.29, 0.717) is 6.04 Å². The number of para-hydroxylation sites is 2. The van der Waals surface area contributed by atoms with Gasteiger partial charge in [0.2, 0.25) is 0 Å². The van der Waals surface area contributed by atoms with Crippen LogP contribution in [0.5, 0.6) is 0 Å². The van der Waals surface area contributed by atoms with Gasteiger partial charge in [0.1, 0.15) is 22.3 Å². The minimum absolute atomic E-state index is 0.504. The van der Waals surface area contributed by atoms with E-state index in [-0.39, 0.29) is 0 Å². The summed E-state index contributed by atoms with van der Waals surface area (Å²) < 4.78 is 12.9. The lowest BCUT2D eigenvalue weighted by atomic mass is 9.84. The normalized spacial score (nSPS) is 16.0. The molecule has 2 aromatic heterocycles. The first-order chi connectivity index (χ1) is 21.8. The topological polar surface area (TPSA) is 29.5 Å². The molecule has 3 nitrogen and oxygen atoms in total. The molecule has 0 fully saturated rings. The van der Waals surface area contributed by atoms with Crippen molar-refractivity contribution in [3.05, 3.63) is 132 Å². The van der Waals surface area contributed by atoms with Gasteiger partial charge >= 0.3 is 0 Å². The highest BCUT2D eigenvalue weighted by atomic mass is 16.3. The highest BCUT2D eigenvalue weighted by molar-refractivity contribution is 6.15. The van der Waals surface area contributed by atoms with Crippen molar-refractivity contribution in [3.8, 4) is 22.3 Å². The van der Waals surface area contributed by atoms with Crippen LogP contribution in [0.15, 0.2) is 130 Å². The fourth-order valence-electron chi connectivity index (χ4n) is 8.03. The van der Waals surface area contributed by atoms with E-state index in [1.165, 1.54) is 60.7 Å². The minimum Gasteiger partial charge on any atom is -0.456 e. The number of rotatable bonds is 2. The molecular weight excluding hydrogens is 538 g/mol. The van der Waals surface area contributed by atoms with Crippen LogP contribution in [0, 0.1) is 0 Å². The van der Waals surface area contributed by atoms with Gasteiger partial charge in [-0.3, -0.25) is 0 Å². The lowest BCUT2D eigenvalue weighted by Crippen LogP contribution is -2.39. The standard InChI is InChI=1S/C41H29NO2/c1-2-8-25(9-3-1)29-11-7-15-37-39(29)40-33-20-19-28-18-16-27-24-26(17-21-34(27)42(28)35(33)22-23-38(40)43-37)30-12-6-13-32-31-10-4-5-14-36(31)44-41(30)32/h1-15,17,21-24,28H,16,18-20H2. The van der Waals surface area contributed by atoms with E-state index in [4.69, 9.17) is 8.83 Å². The van der Waals surface area contributed by atoms with E-state index in [0.717, 1.165) is 53.6 Å². The molecule has 3 heteroatoms.